The molecule has 0 aliphatic carbocycles. The van der Waals surface area contributed by atoms with Gasteiger partial charge >= 0.3 is 5.97 Å². The predicted molar refractivity (Wildman–Crippen MR) is 113 cm³/mol. The van der Waals surface area contributed by atoms with Crippen molar-refractivity contribution in [1.29, 1.82) is 5.26 Å². The highest BCUT2D eigenvalue weighted by Gasteiger charge is 2.31. The molecule has 1 saturated heterocycles. The van der Waals surface area contributed by atoms with Gasteiger partial charge in [0.15, 0.2) is 11.7 Å². The maximum atomic E-state index is 12.7. The molecule has 2 atom stereocenters. The molecule has 7 nitrogen and oxygen atoms in total. The molecule has 1 aliphatic heterocycles. The summed E-state index contributed by atoms with van der Waals surface area (Å²) in [6.07, 6.45) is 0.910. The van der Waals surface area contributed by atoms with Crippen molar-refractivity contribution in [1.82, 2.24) is 14.9 Å². The minimum Gasteiger partial charge on any atom is -0.464 e. The van der Waals surface area contributed by atoms with Crippen molar-refractivity contribution < 1.29 is 9.53 Å². The van der Waals surface area contributed by atoms with Crippen LogP contribution < -0.4 is 4.90 Å². The van der Waals surface area contributed by atoms with Crippen LogP contribution in [0, 0.1) is 17.2 Å². The fourth-order valence-electron chi connectivity index (χ4n) is 3.36. The number of rotatable bonds is 7. The summed E-state index contributed by atoms with van der Waals surface area (Å²) in [5.41, 5.74) is 1.83. The van der Waals surface area contributed by atoms with Gasteiger partial charge in [-0.05, 0) is 24.6 Å². The van der Waals surface area contributed by atoms with Crippen molar-refractivity contribution in [3.8, 4) is 6.07 Å². The fourth-order valence-corrected chi connectivity index (χ4v) is 3.36. The van der Waals surface area contributed by atoms with E-state index < -0.39 is 11.9 Å². The molecule has 3 rings (SSSR count). The molecule has 0 bridgehead atoms. The summed E-state index contributed by atoms with van der Waals surface area (Å²) in [6.45, 7) is 10.9. The monoisotopic (exact) mass is 395 g/mol. The quantitative estimate of drug-likeness (QED) is 0.667. The highest BCUT2D eigenvalue weighted by atomic mass is 16.5. The van der Waals surface area contributed by atoms with Gasteiger partial charge in [0.1, 0.15) is 5.69 Å². The summed E-state index contributed by atoms with van der Waals surface area (Å²) in [5, 5.41) is 9.80. The summed E-state index contributed by atoms with van der Waals surface area (Å²) >= 11 is 0. The van der Waals surface area contributed by atoms with Crippen LogP contribution in [0.5, 0.6) is 0 Å². The van der Waals surface area contributed by atoms with Gasteiger partial charge in [0.25, 0.3) is 0 Å². The van der Waals surface area contributed by atoms with Crippen LogP contribution in [0.3, 0.4) is 0 Å². The molecule has 1 aliphatic rings. The van der Waals surface area contributed by atoms with Gasteiger partial charge in [-0.3, -0.25) is 4.79 Å². The van der Waals surface area contributed by atoms with Crippen molar-refractivity contribution in [2.24, 2.45) is 5.92 Å². The van der Waals surface area contributed by atoms with Crippen LogP contribution >= 0.6 is 0 Å². The average molecular weight is 396 g/mol. The first-order valence-corrected chi connectivity index (χ1v) is 10.4. The van der Waals surface area contributed by atoms with E-state index in [0.29, 0.717) is 23.6 Å². The van der Waals surface area contributed by atoms with Crippen LogP contribution in [0.25, 0.3) is 11.0 Å². The number of nitrogens with zero attached hydrogens (tertiary/aromatic N) is 5. The van der Waals surface area contributed by atoms with E-state index in [0.717, 1.165) is 44.7 Å². The number of hydrogen-bond acceptors (Lipinski definition) is 7. The highest BCUT2D eigenvalue weighted by Crippen LogP contribution is 2.28. The number of fused-ring (bicyclic) bond motifs is 1. The van der Waals surface area contributed by atoms with E-state index in [4.69, 9.17) is 9.72 Å². The second-order valence-corrected chi connectivity index (χ2v) is 7.55. The van der Waals surface area contributed by atoms with Gasteiger partial charge in [-0.15, -0.1) is 0 Å². The number of piperazine rings is 1. The van der Waals surface area contributed by atoms with E-state index in [1.54, 1.807) is 0 Å². The molecule has 154 valence electrons. The average Bonchev–Trinajstić information content (AvgIpc) is 2.77. The van der Waals surface area contributed by atoms with Crippen LogP contribution in [-0.4, -0.2) is 60.2 Å². The van der Waals surface area contributed by atoms with Gasteiger partial charge in [-0.1, -0.05) is 39.3 Å². The van der Waals surface area contributed by atoms with E-state index in [2.05, 4.69) is 27.8 Å². The molecule has 2 heterocycles. The second kappa shape index (κ2) is 9.66. The second-order valence-electron chi connectivity index (χ2n) is 7.55. The lowest BCUT2D eigenvalue weighted by Gasteiger charge is -2.35. The Morgan fingerprint density at radius 2 is 1.83 bits per heavy atom. The minimum atomic E-state index is -1.09. The summed E-state index contributed by atoms with van der Waals surface area (Å²) in [7, 11) is 0. The SMILES string of the molecule is CC[C@@H](C)COC(=O)[C@@H](C#N)c1nc2ccccc2nc1N1CCN(CC)CC1. The van der Waals surface area contributed by atoms with E-state index >= 15 is 0 Å². The third-order valence-electron chi connectivity index (χ3n) is 5.54. The number of carbonyl (C=O) groups excluding carboxylic acids is 1. The first-order chi connectivity index (χ1) is 14.1. The third kappa shape index (κ3) is 4.83. The van der Waals surface area contributed by atoms with Crippen LogP contribution in [-0.2, 0) is 9.53 Å². The van der Waals surface area contributed by atoms with Crippen molar-refractivity contribution in [2.45, 2.75) is 33.1 Å². The standard InChI is InChI=1S/C22H29N5O2/c1-4-16(3)15-29-22(28)17(14-23)20-21(27-12-10-26(5-2)11-13-27)25-19-9-7-6-8-18(19)24-20/h6-9,16-17H,4-5,10-13,15H2,1-3H3/t16-,17+/m1/s1. The summed E-state index contributed by atoms with van der Waals surface area (Å²) in [5.74, 6) is -0.768. The number of anilines is 1. The maximum Gasteiger partial charge on any atom is 0.329 e. The van der Waals surface area contributed by atoms with Gasteiger partial charge in [-0.25, -0.2) is 9.97 Å². The van der Waals surface area contributed by atoms with E-state index in [-0.39, 0.29) is 5.92 Å². The molecule has 0 spiro atoms. The number of ether oxygens (including phenoxy) is 1. The first-order valence-electron chi connectivity index (χ1n) is 10.4. The van der Waals surface area contributed by atoms with E-state index in [1.807, 2.05) is 38.1 Å². The van der Waals surface area contributed by atoms with Crippen molar-refractivity contribution >= 4 is 22.8 Å². The Kier molecular flexibility index (Phi) is 6.99. The molecule has 0 N–H and O–H groups in total. The summed E-state index contributed by atoms with van der Waals surface area (Å²) in [4.78, 5) is 26.7. The highest BCUT2D eigenvalue weighted by molar-refractivity contribution is 5.85. The summed E-state index contributed by atoms with van der Waals surface area (Å²) in [6, 6.07) is 9.66. The lowest BCUT2D eigenvalue weighted by molar-refractivity contribution is -0.145. The van der Waals surface area contributed by atoms with Crippen LogP contribution in [0.4, 0.5) is 5.82 Å². The van der Waals surface area contributed by atoms with Crippen LogP contribution in [0.1, 0.15) is 38.8 Å². The number of benzene rings is 1. The Labute approximate surface area is 172 Å². The molecule has 1 aromatic heterocycles. The zero-order valence-corrected chi connectivity index (χ0v) is 17.5. The molecular formula is C22H29N5O2. The molecule has 7 heteroatoms. The van der Waals surface area contributed by atoms with E-state index in [9.17, 15) is 10.1 Å². The molecule has 0 radical (unpaired) electrons. The zero-order valence-electron chi connectivity index (χ0n) is 17.5. The van der Waals surface area contributed by atoms with Gasteiger partial charge in [-0.2, -0.15) is 5.26 Å². The molecule has 0 unspecified atom stereocenters. The number of likely N-dealkylation sites (N-methyl/N-ethyl adjacent to an activating group) is 1. The van der Waals surface area contributed by atoms with Gasteiger partial charge < -0.3 is 14.5 Å². The Morgan fingerprint density at radius 1 is 1.17 bits per heavy atom. The number of hydrogen-bond donors (Lipinski definition) is 0. The lowest BCUT2D eigenvalue weighted by Crippen LogP contribution is -2.47. The van der Waals surface area contributed by atoms with Gasteiger partial charge in [0.05, 0.1) is 23.7 Å². The van der Waals surface area contributed by atoms with Crippen LogP contribution in [0.15, 0.2) is 24.3 Å². The van der Waals surface area contributed by atoms with Crippen molar-refractivity contribution in [3.63, 3.8) is 0 Å². The predicted octanol–water partition coefficient (Wildman–Crippen LogP) is 2.97. The zero-order chi connectivity index (χ0) is 20.8. The number of esters is 1. The smallest absolute Gasteiger partial charge is 0.329 e. The van der Waals surface area contributed by atoms with Crippen molar-refractivity contribution in [3.05, 3.63) is 30.0 Å². The van der Waals surface area contributed by atoms with Crippen LogP contribution in [0.2, 0.25) is 0 Å². The minimum absolute atomic E-state index is 0.252. The third-order valence-corrected chi connectivity index (χ3v) is 5.54. The fraction of sp³-hybridized carbons (Fsp3) is 0.545. The van der Waals surface area contributed by atoms with Crippen molar-refractivity contribution in [2.75, 3.05) is 44.2 Å². The number of para-hydroxylation sites is 2. The Morgan fingerprint density at radius 3 is 2.41 bits per heavy atom. The largest absolute Gasteiger partial charge is 0.464 e. The molecule has 29 heavy (non-hydrogen) atoms. The Bertz CT molecular complexity index is 886. The Balaban J connectivity index is 1.95. The summed E-state index contributed by atoms with van der Waals surface area (Å²) < 4.78 is 5.44. The van der Waals surface area contributed by atoms with Gasteiger partial charge in [0, 0.05) is 26.2 Å². The Hall–Kier alpha value is -2.72. The molecule has 0 saturated carbocycles. The lowest BCUT2D eigenvalue weighted by atomic mass is 10.1. The first kappa shape index (κ1) is 21.0. The number of carbonyl (C=O) groups is 1. The number of nitriles is 1. The molecular weight excluding hydrogens is 366 g/mol. The molecule has 0 amide bonds. The topological polar surface area (TPSA) is 82.3 Å². The normalized spacial score (nSPS) is 17.0. The molecule has 1 aromatic carbocycles. The molecule has 1 fully saturated rings. The molecule has 2 aromatic rings. The van der Waals surface area contributed by atoms with E-state index in [1.165, 1.54) is 0 Å². The van der Waals surface area contributed by atoms with Gasteiger partial charge in [0.2, 0.25) is 0 Å². The maximum absolute atomic E-state index is 12.7. The number of aromatic nitrogens is 2.